The number of hydrogen-bond donors (Lipinski definition) is 1. The monoisotopic (exact) mass is 338 g/mol. The van der Waals surface area contributed by atoms with Crippen molar-refractivity contribution in [1.29, 1.82) is 0 Å². The molecule has 0 aliphatic carbocycles. The molecule has 126 valence electrons. The molecule has 0 unspecified atom stereocenters. The molecule has 2 nitrogen and oxygen atoms in total. The van der Waals surface area contributed by atoms with Gasteiger partial charge in [-0.3, -0.25) is 0 Å². The van der Waals surface area contributed by atoms with Gasteiger partial charge < -0.3 is 10.2 Å². The Labute approximate surface area is 150 Å². The first-order chi connectivity index (χ1) is 11.8. The van der Waals surface area contributed by atoms with Crippen molar-refractivity contribution < 1.29 is 0 Å². The molecule has 0 bridgehead atoms. The minimum absolute atomic E-state index is 0.867. The lowest BCUT2D eigenvalue weighted by Crippen LogP contribution is -2.38. The summed E-state index contributed by atoms with van der Waals surface area (Å²) in [6, 6.07) is 17.4. The lowest BCUT2D eigenvalue weighted by atomic mass is 9.97. The summed E-state index contributed by atoms with van der Waals surface area (Å²) in [6.07, 6.45) is 5.04. The number of rotatable bonds is 5. The fourth-order valence-corrected chi connectivity index (χ4v) is 3.54. The number of hydrogen-bond acceptors (Lipinski definition) is 1. The van der Waals surface area contributed by atoms with Crippen molar-refractivity contribution in [3.63, 3.8) is 0 Å². The van der Waals surface area contributed by atoms with Gasteiger partial charge in [0.1, 0.15) is 0 Å². The second-order valence-electron chi connectivity index (χ2n) is 6.46. The van der Waals surface area contributed by atoms with Gasteiger partial charge in [-0.2, -0.15) is 0 Å². The molecule has 0 aromatic heterocycles. The predicted octanol–water partition coefficient (Wildman–Crippen LogP) is 5.12. The van der Waals surface area contributed by atoms with E-state index in [1.54, 1.807) is 0 Å². The van der Waals surface area contributed by atoms with Crippen LogP contribution in [0.15, 0.2) is 48.5 Å². The third-order valence-electron chi connectivity index (χ3n) is 4.64. The molecular weight excluding hydrogens is 312 g/mol. The average Bonchev–Trinajstić information content (AvgIpc) is 2.78. The molecule has 1 N–H and O–H groups in total. The molecule has 0 atom stereocenters. The second kappa shape index (κ2) is 8.29. The van der Waals surface area contributed by atoms with Gasteiger partial charge in [-0.15, -0.1) is 0 Å². The molecule has 2 aromatic carbocycles. The second-order valence-corrected chi connectivity index (χ2v) is 6.85. The molecule has 0 fully saturated rings. The van der Waals surface area contributed by atoms with Gasteiger partial charge in [0.05, 0.1) is 0 Å². The van der Waals surface area contributed by atoms with Crippen molar-refractivity contribution in [2.24, 2.45) is 0 Å². The molecule has 1 aliphatic heterocycles. The number of nitrogens with zero attached hydrogens (tertiary/aromatic N) is 1. The molecule has 24 heavy (non-hydrogen) atoms. The molecule has 3 rings (SSSR count). The maximum absolute atomic E-state index is 5.69. The van der Waals surface area contributed by atoms with Gasteiger partial charge in [0.25, 0.3) is 0 Å². The van der Waals surface area contributed by atoms with Crippen LogP contribution in [0.4, 0.5) is 0 Å². The van der Waals surface area contributed by atoms with E-state index < -0.39 is 0 Å². The summed E-state index contributed by atoms with van der Waals surface area (Å²) in [5, 5.41) is 4.33. The molecule has 1 heterocycles. The Kier molecular flexibility index (Phi) is 5.86. The summed E-state index contributed by atoms with van der Waals surface area (Å²) in [4.78, 5) is 2.29. The summed E-state index contributed by atoms with van der Waals surface area (Å²) in [5.74, 6) is 0. The normalized spacial score (nSPS) is 13.0. The molecule has 0 saturated carbocycles. The summed E-state index contributed by atoms with van der Waals surface area (Å²) in [5.41, 5.74) is 5.36. The maximum Gasteiger partial charge on any atom is 0.169 e. The Morgan fingerprint density at radius 2 is 1.50 bits per heavy atom. The average molecular weight is 339 g/mol. The zero-order valence-corrected chi connectivity index (χ0v) is 15.2. The van der Waals surface area contributed by atoms with Crippen molar-refractivity contribution in [1.82, 2.24) is 10.2 Å². The van der Waals surface area contributed by atoms with Crippen molar-refractivity contribution in [2.75, 3.05) is 6.54 Å². The van der Waals surface area contributed by atoms with Crippen LogP contribution < -0.4 is 5.32 Å². The van der Waals surface area contributed by atoms with Gasteiger partial charge in [0.2, 0.25) is 0 Å². The van der Waals surface area contributed by atoms with Gasteiger partial charge in [0.15, 0.2) is 5.11 Å². The number of nitrogens with one attached hydrogen (secondary N) is 1. The van der Waals surface area contributed by atoms with Crippen LogP contribution in [0.1, 0.15) is 43.7 Å². The maximum atomic E-state index is 5.69. The minimum atomic E-state index is 0.867. The molecular formula is C21H26N2S. The Hall–Kier alpha value is -1.87. The third kappa shape index (κ3) is 3.96. The summed E-state index contributed by atoms with van der Waals surface area (Å²) in [7, 11) is 0. The molecule has 2 aromatic rings. The van der Waals surface area contributed by atoms with Crippen LogP contribution in [0.5, 0.6) is 0 Å². The van der Waals surface area contributed by atoms with Gasteiger partial charge in [-0.25, -0.2) is 0 Å². The van der Waals surface area contributed by atoms with Gasteiger partial charge in [0, 0.05) is 19.6 Å². The molecule has 0 amide bonds. The van der Waals surface area contributed by atoms with Gasteiger partial charge in [-0.1, -0.05) is 74.7 Å². The zero-order valence-electron chi connectivity index (χ0n) is 14.4. The lowest BCUT2D eigenvalue weighted by molar-refractivity contribution is 0.402. The number of fused-ring (bicyclic) bond motifs is 3. The van der Waals surface area contributed by atoms with Crippen LogP contribution in [0.2, 0.25) is 0 Å². The van der Waals surface area contributed by atoms with E-state index in [1.807, 2.05) is 0 Å². The third-order valence-corrected chi connectivity index (χ3v) is 5.04. The number of thiocarbonyl (C=S) groups is 1. The first-order valence-corrected chi connectivity index (χ1v) is 9.39. The Morgan fingerprint density at radius 3 is 2.08 bits per heavy atom. The van der Waals surface area contributed by atoms with E-state index in [0.717, 1.165) is 24.7 Å². The Morgan fingerprint density at radius 1 is 0.917 bits per heavy atom. The fraction of sp³-hybridized carbons (Fsp3) is 0.381. The van der Waals surface area contributed by atoms with Gasteiger partial charge >= 0.3 is 0 Å². The molecule has 0 radical (unpaired) electrons. The SMILES string of the molecule is CCCCCCNC(=S)N1Cc2ccccc2-c2ccccc2C1. The largest absolute Gasteiger partial charge is 0.363 e. The van der Waals surface area contributed by atoms with Crippen LogP contribution in [-0.4, -0.2) is 16.6 Å². The summed E-state index contributed by atoms with van der Waals surface area (Å²) in [6.45, 7) is 4.94. The van der Waals surface area contributed by atoms with E-state index >= 15 is 0 Å². The van der Waals surface area contributed by atoms with Crippen LogP contribution in [-0.2, 0) is 13.1 Å². The first kappa shape index (κ1) is 17.0. The van der Waals surface area contributed by atoms with E-state index in [1.165, 1.54) is 47.9 Å². The predicted molar refractivity (Wildman–Crippen MR) is 106 cm³/mol. The van der Waals surface area contributed by atoms with E-state index in [9.17, 15) is 0 Å². The topological polar surface area (TPSA) is 15.3 Å². The highest BCUT2D eigenvalue weighted by molar-refractivity contribution is 7.80. The Bertz CT molecular complexity index is 648. The van der Waals surface area contributed by atoms with E-state index in [-0.39, 0.29) is 0 Å². The Balaban J connectivity index is 1.74. The smallest absolute Gasteiger partial charge is 0.169 e. The molecule has 1 aliphatic rings. The molecule has 0 spiro atoms. The summed E-state index contributed by atoms with van der Waals surface area (Å²) < 4.78 is 0. The summed E-state index contributed by atoms with van der Waals surface area (Å²) >= 11 is 5.69. The highest BCUT2D eigenvalue weighted by atomic mass is 32.1. The van der Waals surface area contributed by atoms with Crippen LogP contribution >= 0.6 is 12.2 Å². The standard InChI is InChI=1S/C21H26N2S/c1-2-3-4-9-14-22-21(24)23-15-17-10-5-7-12-19(17)20-13-8-6-11-18(20)16-23/h5-8,10-13H,2-4,9,14-16H2,1H3,(H,22,24). The van der Waals surface area contributed by atoms with Crippen molar-refractivity contribution >= 4 is 17.3 Å². The number of unbranched alkanes of at least 4 members (excludes halogenated alkanes) is 3. The van der Waals surface area contributed by atoms with Crippen LogP contribution in [0.25, 0.3) is 11.1 Å². The highest BCUT2D eigenvalue weighted by Crippen LogP contribution is 2.32. The van der Waals surface area contributed by atoms with Crippen LogP contribution in [0.3, 0.4) is 0 Å². The van der Waals surface area contributed by atoms with Crippen molar-refractivity contribution in [3.8, 4) is 11.1 Å². The first-order valence-electron chi connectivity index (χ1n) is 8.98. The lowest BCUT2D eigenvalue weighted by Gasteiger charge is -2.25. The van der Waals surface area contributed by atoms with E-state index in [0.29, 0.717) is 0 Å². The zero-order chi connectivity index (χ0) is 16.8. The number of benzene rings is 2. The quantitative estimate of drug-likeness (QED) is 0.601. The minimum Gasteiger partial charge on any atom is -0.363 e. The van der Waals surface area contributed by atoms with E-state index in [2.05, 4.69) is 65.7 Å². The van der Waals surface area contributed by atoms with Crippen molar-refractivity contribution in [2.45, 2.75) is 45.7 Å². The highest BCUT2D eigenvalue weighted by Gasteiger charge is 2.20. The molecule has 0 saturated heterocycles. The fourth-order valence-electron chi connectivity index (χ4n) is 3.31. The van der Waals surface area contributed by atoms with Gasteiger partial charge in [-0.05, 0) is 40.9 Å². The molecule has 3 heteroatoms. The van der Waals surface area contributed by atoms with Crippen molar-refractivity contribution in [3.05, 3.63) is 59.7 Å². The van der Waals surface area contributed by atoms with E-state index in [4.69, 9.17) is 12.2 Å². The van der Waals surface area contributed by atoms with Crippen LogP contribution in [0, 0.1) is 0 Å².